The molecule has 212 valence electrons. The van der Waals surface area contributed by atoms with E-state index < -0.39 is 72.3 Å². The van der Waals surface area contributed by atoms with Crippen LogP contribution in [0.2, 0.25) is 0 Å². The van der Waals surface area contributed by atoms with Crippen LogP contribution in [0.3, 0.4) is 0 Å². The lowest BCUT2D eigenvalue weighted by molar-refractivity contribution is -0.142. The highest BCUT2D eigenvalue weighted by molar-refractivity contribution is 5.95. The van der Waals surface area contributed by atoms with Crippen LogP contribution in [0.25, 0.3) is 0 Å². The van der Waals surface area contributed by atoms with E-state index in [1.807, 2.05) is 37.3 Å². The minimum absolute atomic E-state index is 0.281. The molecular formula is C26H41N5O7. The Morgan fingerprint density at radius 1 is 0.816 bits per heavy atom. The first kappa shape index (κ1) is 32.5. The first-order valence-electron chi connectivity index (χ1n) is 12.7. The summed E-state index contributed by atoms with van der Waals surface area (Å²) < 4.78 is 0. The zero-order valence-electron chi connectivity index (χ0n) is 22.6. The molecule has 1 rings (SSSR count). The number of carboxylic acids is 1. The standard InChI is InChI=1S/C26H41N5O7/c1-6-15(4)21(31-22(33)18(27)12-17-10-8-7-9-11-17)25(36)30-20(14(2)3)24(35)29-19(13-32)23(34)28-16(5)26(37)38/h7-11,14-16,18-21,32H,6,12-13,27H2,1-5H3,(H,28,34)(H,29,35)(H,30,36)(H,31,33)(H,37,38)/t15-,16-,18-,19-,20-,21-/m0/s1. The van der Waals surface area contributed by atoms with Crippen molar-refractivity contribution in [3.63, 3.8) is 0 Å². The van der Waals surface area contributed by atoms with E-state index in [-0.39, 0.29) is 12.3 Å². The van der Waals surface area contributed by atoms with E-state index in [0.29, 0.717) is 6.42 Å². The van der Waals surface area contributed by atoms with Gasteiger partial charge in [0.2, 0.25) is 23.6 Å². The van der Waals surface area contributed by atoms with Crippen molar-refractivity contribution in [2.24, 2.45) is 17.6 Å². The molecule has 12 heteroatoms. The second-order valence-electron chi connectivity index (χ2n) is 9.71. The molecule has 38 heavy (non-hydrogen) atoms. The van der Waals surface area contributed by atoms with Crippen LogP contribution in [0.15, 0.2) is 30.3 Å². The highest BCUT2D eigenvalue weighted by atomic mass is 16.4. The summed E-state index contributed by atoms with van der Waals surface area (Å²) in [7, 11) is 0. The van der Waals surface area contributed by atoms with E-state index in [4.69, 9.17) is 10.8 Å². The number of carbonyl (C=O) groups is 5. The number of aliphatic hydroxyl groups is 1. The maximum Gasteiger partial charge on any atom is 0.325 e. The van der Waals surface area contributed by atoms with Crippen molar-refractivity contribution in [1.29, 1.82) is 0 Å². The number of carbonyl (C=O) groups excluding carboxylic acids is 4. The molecule has 0 aliphatic heterocycles. The van der Waals surface area contributed by atoms with Crippen molar-refractivity contribution >= 4 is 29.6 Å². The Bertz CT molecular complexity index is 957. The smallest absolute Gasteiger partial charge is 0.325 e. The minimum atomic E-state index is -1.43. The molecule has 1 aromatic carbocycles. The fraction of sp³-hybridized carbons (Fsp3) is 0.577. The van der Waals surface area contributed by atoms with Crippen LogP contribution in [-0.2, 0) is 30.4 Å². The summed E-state index contributed by atoms with van der Waals surface area (Å²) in [5, 5.41) is 28.4. The Morgan fingerprint density at radius 3 is 1.87 bits per heavy atom. The molecule has 0 radical (unpaired) electrons. The largest absolute Gasteiger partial charge is 0.480 e. The third kappa shape index (κ3) is 10.1. The average Bonchev–Trinajstić information content (AvgIpc) is 2.88. The fourth-order valence-electron chi connectivity index (χ4n) is 3.53. The van der Waals surface area contributed by atoms with E-state index in [2.05, 4.69) is 21.3 Å². The fourth-order valence-corrected chi connectivity index (χ4v) is 3.53. The Labute approximate surface area is 223 Å². The summed E-state index contributed by atoms with van der Waals surface area (Å²) in [6.45, 7) is 7.45. The highest BCUT2D eigenvalue weighted by Gasteiger charge is 2.34. The molecule has 0 saturated carbocycles. The lowest BCUT2D eigenvalue weighted by Gasteiger charge is -2.29. The minimum Gasteiger partial charge on any atom is -0.480 e. The predicted octanol–water partition coefficient (Wildman–Crippen LogP) is -0.705. The van der Waals surface area contributed by atoms with E-state index in [1.165, 1.54) is 6.92 Å². The van der Waals surface area contributed by atoms with Gasteiger partial charge in [-0.05, 0) is 30.7 Å². The summed E-state index contributed by atoms with van der Waals surface area (Å²) in [5.41, 5.74) is 6.95. The summed E-state index contributed by atoms with van der Waals surface area (Å²) in [6, 6.07) is 3.59. The normalized spacial score (nSPS) is 15.8. The van der Waals surface area contributed by atoms with Gasteiger partial charge in [-0.1, -0.05) is 64.4 Å². The van der Waals surface area contributed by atoms with Crippen molar-refractivity contribution in [3.8, 4) is 0 Å². The van der Waals surface area contributed by atoms with Gasteiger partial charge >= 0.3 is 5.97 Å². The lowest BCUT2D eigenvalue weighted by atomic mass is 9.95. The van der Waals surface area contributed by atoms with Crippen LogP contribution in [-0.4, -0.2) is 76.6 Å². The van der Waals surface area contributed by atoms with Crippen LogP contribution < -0.4 is 27.0 Å². The Kier molecular flexibility index (Phi) is 13.4. The van der Waals surface area contributed by atoms with Gasteiger partial charge in [-0.25, -0.2) is 0 Å². The molecule has 0 aliphatic carbocycles. The van der Waals surface area contributed by atoms with Gasteiger partial charge in [-0.3, -0.25) is 24.0 Å². The van der Waals surface area contributed by atoms with E-state index in [9.17, 15) is 29.1 Å². The highest BCUT2D eigenvalue weighted by Crippen LogP contribution is 2.11. The Balaban J connectivity index is 2.94. The second kappa shape index (κ2) is 15.7. The molecule has 0 fully saturated rings. The Morgan fingerprint density at radius 2 is 1.37 bits per heavy atom. The number of aliphatic hydroxyl groups excluding tert-OH is 1. The van der Waals surface area contributed by atoms with Gasteiger partial charge in [0, 0.05) is 0 Å². The third-order valence-electron chi connectivity index (χ3n) is 6.22. The first-order valence-corrected chi connectivity index (χ1v) is 12.7. The summed E-state index contributed by atoms with van der Waals surface area (Å²) >= 11 is 0. The number of carboxylic acid groups (broad SMARTS) is 1. The van der Waals surface area contributed by atoms with Crippen LogP contribution in [0.5, 0.6) is 0 Å². The number of rotatable bonds is 15. The van der Waals surface area contributed by atoms with E-state index in [1.54, 1.807) is 20.8 Å². The number of nitrogens with one attached hydrogen (secondary N) is 4. The van der Waals surface area contributed by atoms with Gasteiger partial charge < -0.3 is 37.2 Å². The number of hydrogen-bond acceptors (Lipinski definition) is 7. The molecule has 0 saturated heterocycles. The number of amides is 4. The van der Waals surface area contributed by atoms with Crippen LogP contribution in [0.4, 0.5) is 0 Å². The topological polar surface area (TPSA) is 200 Å². The van der Waals surface area contributed by atoms with E-state index >= 15 is 0 Å². The van der Waals surface area contributed by atoms with Crippen molar-refractivity contribution < 1.29 is 34.2 Å². The molecule has 0 spiro atoms. The monoisotopic (exact) mass is 535 g/mol. The summed E-state index contributed by atoms with van der Waals surface area (Å²) in [6.07, 6.45) is 0.836. The van der Waals surface area contributed by atoms with Crippen molar-refractivity contribution in [3.05, 3.63) is 35.9 Å². The molecule has 1 aromatic rings. The Hall–Kier alpha value is -3.51. The zero-order valence-corrected chi connectivity index (χ0v) is 22.6. The van der Waals surface area contributed by atoms with Gasteiger partial charge in [-0.2, -0.15) is 0 Å². The molecule has 6 atom stereocenters. The van der Waals surface area contributed by atoms with Gasteiger partial charge in [0.15, 0.2) is 0 Å². The van der Waals surface area contributed by atoms with Crippen LogP contribution >= 0.6 is 0 Å². The first-order chi connectivity index (χ1) is 17.8. The van der Waals surface area contributed by atoms with Gasteiger partial charge in [0.05, 0.1) is 12.6 Å². The molecule has 12 nitrogen and oxygen atoms in total. The van der Waals surface area contributed by atoms with Crippen molar-refractivity contribution in [2.45, 2.75) is 77.7 Å². The number of nitrogens with two attached hydrogens (primary N) is 1. The quantitative estimate of drug-likeness (QED) is 0.153. The SMILES string of the molecule is CC[C@H](C)[C@H](NC(=O)[C@@H](N)Cc1ccccc1)C(=O)N[C@H](C(=O)N[C@@H](CO)C(=O)N[C@@H](C)C(=O)O)C(C)C. The molecule has 0 heterocycles. The van der Waals surface area contributed by atoms with Crippen molar-refractivity contribution in [2.75, 3.05) is 6.61 Å². The van der Waals surface area contributed by atoms with Crippen LogP contribution in [0, 0.1) is 11.8 Å². The summed E-state index contributed by atoms with van der Waals surface area (Å²) in [4.78, 5) is 62.3. The van der Waals surface area contributed by atoms with Crippen LogP contribution in [0.1, 0.15) is 46.6 Å². The van der Waals surface area contributed by atoms with Gasteiger partial charge in [0.25, 0.3) is 0 Å². The van der Waals surface area contributed by atoms with Gasteiger partial charge in [-0.15, -0.1) is 0 Å². The molecule has 4 amide bonds. The summed E-state index contributed by atoms with van der Waals surface area (Å²) in [5.74, 6) is -4.74. The zero-order chi connectivity index (χ0) is 29.0. The molecule has 8 N–H and O–H groups in total. The van der Waals surface area contributed by atoms with Crippen molar-refractivity contribution in [1.82, 2.24) is 21.3 Å². The molecule has 0 aromatic heterocycles. The lowest BCUT2D eigenvalue weighted by Crippen LogP contribution is -2.61. The maximum absolute atomic E-state index is 13.2. The van der Waals surface area contributed by atoms with Gasteiger partial charge in [0.1, 0.15) is 24.2 Å². The predicted molar refractivity (Wildman–Crippen MR) is 141 cm³/mol. The average molecular weight is 536 g/mol. The molecule has 0 aliphatic rings. The number of hydrogen-bond donors (Lipinski definition) is 7. The molecule has 0 bridgehead atoms. The number of benzene rings is 1. The maximum atomic E-state index is 13.2. The molecular weight excluding hydrogens is 494 g/mol. The second-order valence-corrected chi connectivity index (χ2v) is 9.71. The third-order valence-corrected chi connectivity index (χ3v) is 6.22. The number of aliphatic carboxylic acids is 1. The van der Waals surface area contributed by atoms with E-state index in [0.717, 1.165) is 5.56 Å². The molecule has 0 unspecified atom stereocenters.